The van der Waals surface area contributed by atoms with Crippen molar-refractivity contribution in [3.8, 4) is 11.5 Å². The lowest BCUT2D eigenvalue weighted by molar-refractivity contribution is -0.132. The number of nitrogens with one attached hydrogen (secondary N) is 1. The largest absolute Gasteiger partial charge is 0.493 e. The lowest BCUT2D eigenvalue weighted by Gasteiger charge is -2.42. The molecule has 2 amide bonds. The number of rotatable bonds is 1. The fourth-order valence-electron chi connectivity index (χ4n) is 6.92. The molecule has 8 nitrogen and oxygen atoms in total. The van der Waals surface area contributed by atoms with Gasteiger partial charge in [-0.2, -0.15) is 0 Å². The van der Waals surface area contributed by atoms with Crippen molar-refractivity contribution in [2.24, 2.45) is 10.7 Å². The second-order valence-electron chi connectivity index (χ2n) is 12.8. The van der Waals surface area contributed by atoms with E-state index in [0.717, 1.165) is 11.1 Å². The summed E-state index contributed by atoms with van der Waals surface area (Å²) in [6.45, 7) is 7.98. The molecule has 6 bridgehead atoms. The highest BCUT2D eigenvalue weighted by Gasteiger charge is 2.43. The number of benzene rings is 2. The Hall–Kier alpha value is -3.62. The maximum absolute atomic E-state index is 16.3. The van der Waals surface area contributed by atoms with Crippen molar-refractivity contribution in [1.29, 1.82) is 0 Å². The van der Waals surface area contributed by atoms with E-state index in [2.05, 4.69) is 5.32 Å². The minimum absolute atomic E-state index is 0.110. The van der Waals surface area contributed by atoms with Crippen LogP contribution in [0.1, 0.15) is 112 Å². The van der Waals surface area contributed by atoms with Crippen molar-refractivity contribution in [2.75, 3.05) is 6.61 Å². The molecule has 2 aromatic rings. The van der Waals surface area contributed by atoms with Gasteiger partial charge in [0.15, 0.2) is 5.96 Å². The maximum Gasteiger partial charge on any atom is 0.251 e. The Morgan fingerprint density at radius 3 is 2.63 bits per heavy atom. The van der Waals surface area contributed by atoms with Crippen molar-refractivity contribution >= 4 is 17.8 Å². The van der Waals surface area contributed by atoms with Crippen molar-refractivity contribution < 1.29 is 23.5 Å². The molecule has 0 fully saturated rings. The van der Waals surface area contributed by atoms with Crippen LogP contribution in [0.25, 0.3) is 0 Å². The van der Waals surface area contributed by atoms with Gasteiger partial charge in [-0.25, -0.2) is 9.38 Å². The Balaban J connectivity index is 1.47. The standard InChI is InChI=1S/C32H39FN4O4/c1-5-32-13-6-12-31(4,33)20-8-10-26-21(16-20)23(17-30(2,3)41-26)35-28(39)19-7-9-25-22(15-19)24(11-14-40-25)37(27(38)18-32)29(34)36-32/h7-10,15-16,23-24H,5-6,11-14,17-18H2,1-4H3,(H2,34,36)(H,35,39)/t23-,24+,31?,32+/m0/s1. The first kappa shape index (κ1) is 27.5. The van der Waals surface area contributed by atoms with Crippen LogP contribution in [0.4, 0.5) is 4.39 Å². The predicted octanol–water partition coefficient (Wildman–Crippen LogP) is 5.61. The number of guanidine groups is 1. The van der Waals surface area contributed by atoms with Crippen LogP contribution in [-0.2, 0) is 10.5 Å². The van der Waals surface area contributed by atoms with Crippen molar-refractivity contribution in [1.82, 2.24) is 10.2 Å². The van der Waals surface area contributed by atoms with Gasteiger partial charge in [-0.1, -0.05) is 13.0 Å². The number of amides is 2. The topological polar surface area (TPSA) is 106 Å². The van der Waals surface area contributed by atoms with Crippen molar-refractivity contribution in [2.45, 2.75) is 102 Å². The highest BCUT2D eigenvalue weighted by molar-refractivity contribution is 6.00. The average molecular weight is 563 g/mol. The smallest absolute Gasteiger partial charge is 0.251 e. The molecule has 3 N–H and O–H groups in total. The molecule has 5 heterocycles. The monoisotopic (exact) mass is 562 g/mol. The first-order valence-corrected chi connectivity index (χ1v) is 14.7. The van der Waals surface area contributed by atoms with Gasteiger partial charge in [0.05, 0.1) is 30.7 Å². The molecule has 0 radical (unpaired) electrons. The molecule has 7 rings (SSSR count). The van der Waals surface area contributed by atoms with Gasteiger partial charge in [0.25, 0.3) is 5.91 Å². The van der Waals surface area contributed by atoms with E-state index in [9.17, 15) is 9.59 Å². The van der Waals surface area contributed by atoms with Crippen LogP contribution in [-0.4, -0.2) is 40.4 Å². The van der Waals surface area contributed by atoms with Crippen molar-refractivity contribution in [3.05, 3.63) is 58.7 Å². The van der Waals surface area contributed by atoms with Crippen LogP contribution in [0.2, 0.25) is 0 Å². The first-order chi connectivity index (χ1) is 19.4. The molecule has 0 aromatic heterocycles. The molecular formula is C32H39FN4O4. The van der Waals surface area contributed by atoms with E-state index >= 15 is 4.39 Å². The van der Waals surface area contributed by atoms with E-state index in [1.54, 1.807) is 36.1 Å². The molecule has 0 saturated carbocycles. The number of aliphatic imine (C=N–C) groups is 1. The van der Waals surface area contributed by atoms with Gasteiger partial charge >= 0.3 is 0 Å². The zero-order valence-electron chi connectivity index (χ0n) is 24.3. The van der Waals surface area contributed by atoms with Crippen LogP contribution >= 0.6 is 0 Å². The third-order valence-corrected chi connectivity index (χ3v) is 9.26. The number of carbonyl (C=O) groups is 2. The van der Waals surface area contributed by atoms with Crippen molar-refractivity contribution in [3.63, 3.8) is 0 Å². The Morgan fingerprint density at radius 2 is 1.88 bits per heavy atom. The number of halogens is 1. The van der Waals surface area contributed by atoms with Gasteiger partial charge in [0, 0.05) is 29.5 Å². The molecule has 218 valence electrons. The van der Waals surface area contributed by atoms with E-state index < -0.39 is 22.9 Å². The Morgan fingerprint density at radius 1 is 1.10 bits per heavy atom. The van der Waals surface area contributed by atoms with E-state index in [-0.39, 0.29) is 36.7 Å². The first-order valence-electron chi connectivity index (χ1n) is 14.7. The normalized spacial score (nSPS) is 30.8. The molecule has 0 saturated heterocycles. The lowest BCUT2D eigenvalue weighted by atomic mass is 9.81. The van der Waals surface area contributed by atoms with Gasteiger partial charge in [0.1, 0.15) is 22.8 Å². The Bertz CT molecular complexity index is 1440. The Labute approximate surface area is 240 Å². The van der Waals surface area contributed by atoms with Crippen LogP contribution in [0.5, 0.6) is 11.5 Å². The maximum atomic E-state index is 16.3. The molecule has 0 spiro atoms. The number of nitrogens with two attached hydrogens (primary N) is 1. The van der Waals surface area contributed by atoms with E-state index in [0.29, 0.717) is 61.3 Å². The second kappa shape index (κ2) is 9.74. The van der Waals surface area contributed by atoms with E-state index in [1.807, 2.05) is 32.9 Å². The molecule has 41 heavy (non-hydrogen) atoms. The highest BCUT2D eigenvalue weighted by atomic mass is 19.1. The summed E-state index contributed by atoms with van der Waals surface area (Å²) < 4.78 is 28.4. The van der Waals surface area contributed by atoms with Crippen LogP contribution in [0.15, 0.2) is 41.4 Å². The van der Waals surface area contributed by atoms with Gasteiger partial charge < -0.3 is 20.5 Å². The van der Waals surface area contributed by atoms with Gasteiger partial charge in [-0.15, -0.1) is 0 Å². The minimum Gasteiger partial charge on any atom is -0.493 e. The van der Waals surface area contributed by atoms with Gasteiger partial charge in [-0.3, -0.25) is 14.5 Å². The number of nitrogens with zero attached hydrogens (tertiary/aromatic N) is 2. The third-order valence-electron chi connectivity index (χ3n) is 9.26. The zero-order chi connectivity index (χ0) is 29.2. The van der Waals surface area contributed by atoms with Crippen LogP contribution < -0.4 is 20.5 Å². The second-order valence-corrected chi connectivity index (χ2v) is 12.8. The molecule has 2 aromatic carbocycles. The summed E-state index contributed by atoms with van der Waals surface area (Å²) in [5.74, 6) is 1.07. The van der Waals surface area contributed by atoms with E-state index in [4.69, 9.17) is 20.2 Å². The SMILES string of the molecule is CC[C@@]12CCCC(C)(F)c3ccc4c(c3)[C@H](CC(C)(C)O4)NC(=O)c3ccc4c(c3)[C@@H](CCO4)N(C(=O)C1)C(N)=N2. The summed E-state index contributed by atoms with van der Waals surface area (Å²) in [7, 11) is 0. The summed E-state index contributed by atoms with van der Waals surface area (Å²) in [5, 5.41) is 3.19. The highest BCUT2D eigenvalue weighted by Crippen LogP contribution is 2.45. The number of fused-ring (bicyclic) bond motifs is 5. The number of carbonyl (C=O) groups excluding carboxylic acids is 2. The molecule has 5 aliphatic rings. The Kier molecular flexibility index (Phi) is 6.54. The van der Waals surface area contributed by atoms with E-state index in [1.165, 1.54) is 0 Å². The zero-order valence-corrected chi connectivity index (χ0v) is 24.3. The molecular weight excluding hydrogens is 523 g/mol. The molecule has 1 unspecified atom stereocenters. The molecule has 9 heteroatoms. The molecule has 0 aliphatic carbocycles. The van der Waals surface area contributed by atoms with Gasteiger partial charge in [-0.05, 0) is 82.3 Å². The molecule has 5 aliphatic heterocycles. The number of ether oxygens (including phenoxy) is 2. The van der Waals surface area contributed by atoms with Gasteiger partial charge in [0.2, 0.25) is 5.91 Å². The minimum atomic E-state index is -1.62. The fraction of sp³-hybridized carbons (Fsp3) is 0.531. The number of hydrogen-bond donors (Lipinski definition) is 2. The number of alkyl halides is 1. The quantitative estimate of drug-likeness (QED) is 0.470. The summed E-state index contributed by atoms with van der Waals surface area (Å²) in [5.41, 5.74) is 6.20. The van der Waals surface area contributed by atoms with Crippen LogP contribution in [0.3, 0.4) is 0 Å². The fourth-order valence-corrected chi connectivity index (χ4v) is 6.92. The predicted molar refractivity (Wildman–Crippen MR) is 154 cm³/mol. The third kappa shape index (κ3) is 4.93. The molecule has 4 atom stereocenters. The lowest BCUT2D eigenvalue weighted by Crippen LogP contribution is -2.53. The number of hydrogen-bond acceptors (Lipinski definition) is 6. The van der Waals surface area contributed by atoms with Crippen LogP contribution in [0, 0.1) is 0 Å². The summed E-state index contributed by atoms with van der Waals surface area (Å²) in [6, 6.07) is 9.96. The summed E-state index contributed by atoms with van der Waals surface area (Å²) in [4.78, 5) is 33.8. The average Bonchev–Trinajstić information content (AvgIpc) is 2.91. The summed E-state index contributed by atoms with van der Waals surface area (Å²) >= 11 is 0. The summed E-state index contributed by atoms with van der Waals surface area (Å²) in [6.07, 6.45) is 3.24.